The van der Waals surface area contributed by atoms with Crippen molar-refractivity contribution in [3.05, 3.63) is 47.5 Å². The van der Waals surface area contributed by atoms with Gasteiger partial charge < -0.3 is 5.32 Å². The zero-order chi connectivity index (χ0) is 15.8. The molecule has 2 aromatic rings. The van der Waals surface area contributed by atoms with Crippen LogP contribution in [0.15, 0.2) is 30.6 Å². The maximum Gasteiger partial charge on any atom is 0.220 e. The van der Waals surface area contributed by atoms with Crippen LogP contribution in [0.1, 0.15) is 36.2 Å². The molecule has 0 aliphatic carbocycles. The summed E-state index contributed by atoms with van der Waals surface area (Å²) in [6, 6.07) is 6.08. The van der Waals surface area contributed by atoms with Crippen molar-refractivity contribution in [2.75, 3.05) is 6.54 Å². The number of carbonyl (C=O) groups is 1. The zero-order valence-electron chi connectivity index (χ0n) is 13.4. The molecule has 5 heteroatoms. The fourth-order valence-corrected chi connectivity index (χ4v) is 2.45. The van der Waals surface area contributed by atoms with Crippen LogP contribution in [0.4, 0.5) is 0 Å². The Bertz CT molecular complexity index is 592. The number of nitrogens with zero attached hydrogens (tertiary/aromatic N) is 3. The van der Waals surface area contributed by atoms with Crippen molar-refractivity contribution in [2.24, 2.45) is 0 Å². The fourth-order valence-electron chi connectivity index (χ4n) is 2.45. The molecule has 0 atom stereocenters. The minimum absolute atomic E-state index is 0.122. The Hall–Kier alpha value is -2.17. The summed E-state index contributed by atoms with van der Waals surface area (Å²) < 4.78 is 1.96. The molecular weight excluding hydrogens is 276 g/mol. The largest absolute Gasteiger partial charge is 0.356 e. The van der Waals surface area contributed by atoms with Gasteiger partial charge in [0, 0.05) is 37.6 Å². The van der Waals surface area contributed by atoms with Crippen molar-refractivity contribution >= 4 is 5.91 Å². The van der Waals surface area contributed by atoms with E-state index in [1.54, 1.807) is 12.4 Å². The average Bonchev–Trinajstić information content (AvgIpc) is 2.83. The normalized spacial score (nSPS) is 10.6. The number of rotatable bonds is 8. The second kappa shape index (κ2) is 8.32. The van der Waals surface area contributed by atoms with Gasteiger partial charge in [-0.05, 0) is 56.9 Å². The van der Waals surface area contributed by atoms with Crippen LogP contribution in [0.5, 0.6) is 0 Å². The second-order valence-electron chi connectivity index (χ2n) is 5.56. The first kappa shape index (κ1) is 16.2. The average molecular weight is 300 g/mol. The number of aromatic nitrogens is 3. The van der Waals surface area contributed by atoms with E-state index >= 15 is 0 Å². The summed E-state index contributed by atoms with van der Waals surface area (Å²) in [7, 11) is 0. The first-order chi connectivity index (χ1) is 10.6. The lowest BCUT2D eigenvalue weighted by molar-refractivity contribution is -0.121. The summed E-state index contributed by atoms with van der Waals surface area (Å²) in [5.41, 5.74) is 3.43. The predicted octanol–water partition coefficient (Wildman–Crippen LogP) is 2.42. The van der Waals surface area contributed by atoms with Crippen molar-refractivity contribution in [3.8, 4) is 0 Å². The summed E-state index contributed by atoms with van der Waals surface area (Å²) >= 11 is 0. The van der Waals surface area contributed by atoms with Gasteiger partial charge in [-0.25, -0.2) is 0 Å². The number of nitrogens with one attached hydrogen (secondary N) is 1. The Morgan fingerprint density at radius 2 is 2.00 bits per heavy atom. The number of carbonyl (C=O) groups excluding carboxylic acids is 1. The van der Waals surface area contributed by atoms with Gasteiger partial charge in [0.2, 0.25) is 5.91 Å². The number of pyridine rings is 1. The minimum Gasteiger partial charge on any atom is -0.356 e. The molecule has 2 heterocycles. The van der Waals surface area contributed by atoms with Crippen LogP contribution in [0.3, 0.4) is 0 Å². The molecule has 5 nitrogen and oxygen atoms in total. The maximum absolute atomic E-state index is 11.8. The summed E-state index contributed by atoms with van der Waals surface area (Å²) in [6.45, 7) is 5.54. The minimum atomic E-state index is 0.122. The van der Waals surface area contributed by atoms with E-state index < -0.39 is 0 Å². The van der Waals surface area contributed by atoms with E-state index in [9.17, 15) is 4.79 Å². The van der Waals surface area contributed by atoms with Gasteiger partial charge in [-0.2, -0.15) is 5.10 Å². The van der Waals surface area contributed by atoms with E-state index in [0.29, 0.717) is 6.42 Å². The molecule has 0 saturated carbocycles. The number of hydrogen-bond acceptors (Lipinski definition) is 3. The van der Waals surface area contributed by atoms with Gasteiger partial charge in [0.1, 0.15) is 0 Å². The highest BCUT2D eigenvalue weighted by atomic mass is 16.1. The summed E-state index contributed by atoms with van der Waals surface area (Å²) in [4.78, 5) is 15.8. The third-order valence-electron chi connectivity index (χ3n) is 3.59. The lowest BCUT2D eigenvalue weighted by atomic mass is 10.1. The molecule has 0 spiro atoms. The third-order valence-corrected chi connectivity index (χ3v) is 3.59. The number of amides is 1. The zero-order valence-corrected chi connectivity index (χ0v) is 13.4. The fraction of sp³-hybridized carbons (Fsp3) is 0.471. The predicted molar refractivity (Wildman–Crippen MR) is 86.5 cm³/mol. The summed E-state index contributed by atoms with van der Waals surface area (Å²) in [6.07, 6.45) is 6.88. The van der Waals surface area contributed by atoms with Crippen LogP contribution >= 0.6 is 0 Å². The molecule has 0 saturated heterocycles. The molecule has 0 aromatic carbocycles. The maximum atomic E-state index is 11.8. The van der Waals surface area contributed by atoms with Crippen molar-refractivity contribution in [2.45, 2.75) is 46.1 Å². The molecule has 0 unspecified atom stereocenters. The molecule has 0 fully saturated rings. The van der Waals surface area contributed by atoms with Gasteiger partial charge in [0.25, 0.3) is 0 Å². The van der Waals surface area contributed by atoms with Crippen molar-refractivity contribution in [3.63, 3.8) is 0 Å². The SMILES string of the molecule is Cc1cc(C)n(CCCC(=O)NCCCc2ccncc2)n1. The van der Waals surface area contributed by atoms with E-state index in [1.807, 2.05) is 30.7 Å². The summed E-state index contributed by atoms with van der Waals surface area (Å²) in [5, 5.41) is 7.37. The number of hydrogen-bond donors (Lipinski definition) is 1. The van der Waals surface area contributed by atoms with E-state index in [-0.39, 0.29) is 5.91 Å². The quantitative estimate of drug-likeness (QED) is 0.762. The van der Waals surface area contributed by atoms with E-state index in [4.69, 9.17) is 0 Å². The molecule has 118 valence electrons. The highest BCUT2D eigenvalue weighted by molar-refractivity contribution is 5.75. The monoisotopic (exact) mass is 300 g/mol. The van der Waals surface area contributed by atoms with Crippen LogP contribution in [0, 0.1) is 13.8 Å². The van der Waals surface area contributed by atoms with Crippen molar-refractivity contribution < 1.29 is 4.79 Å². The highest BCUT2D eigenvalue weighted by Crippen LogP contribution is 2.04. The van der Waals surface area contributed by atoms with Gasteiger partial charge in [0.05, 0.1) is 5.69 Å². The molecular formula is C17H24N4O. The molecule has 0 aliphatic heterocycles. The molecule has 0 radical (unpaired) electrons. The van der Waals surface area contributed by atoms with Gasteiger partial charge >= 0.3 is 0 Å². The molecule has 0 bridgehead atoms. The van der Waals surface area contributed by atoms with Crippen LogP contribution in [0.25, 0.3) is 0 Å². The Labute approximate surface area is 131 Å². The lowest BCUT2D eigenvalue weighted by Gasteiger charge is -2.06. The van der Waals surface area contributed by atoms with Crippen molar-refractivity contribution in [1.29, 1.82) is 0 Å². The Morgan fingerprint density at radius 3 is 2.68 bits per heavy atom. The Kier molecular flexibility index (Phi) is 6.13. The molecule has 2 aromatic heterocycles. The highest BCUT2D eigenvalue weighted by Gasteiger charge is 2.04. The standard InChI is InChI=1S/C17H24N4O/c1-14-13-15(2)21(20-14)12-4-6-17(22)19-9-3-5-16-7-10-18-11-8-16/h7-8,10-11,13H,3-6,9,12H2,1-2H3,(H,19,22). The smallest absolute Gasteiger partial charge is 0.220 e. The third kappa shape index (κ3) is 5.31. The summed E-state index contributed by atoms with van der Waals surface area (Å²) in [5.74, 6) is 0.122. The molecule has 1 N–H and O–H groups in total. The van der Waals surface area contributed by atoms with Crippen LogP contribution in [-0.2, 0) is 17.8 Å². The van der Waals surface area contributed by atoms with Crippen LogP contribution in [0.2, 0.25) is 0 Å². The molecule has 22 heavy (non-hydrogen) atoms. The van der Waals surface area contributed by atoms with Crippen LogP contribution < -0.4 is 5.32 Å². The van der Waals surface area contributed by atoms with Gasteiger partial charge in [-0.3, -0.25) is 14.5 Å². The Morgan fingerprint density at radius 1 is 1.23 bits per heavy atom. The van der Waals surface area contributed by atoms with E-state index in [1.165, 1.54) is 5.56 Å². The Balaban J connectivity index is 1.57. The van der Waals surface area contributed by atoms with Crippen molar-refractivity contribution in [1.82, 2.24) is 20.1 Å². The van der Waals surface area contributed by atoms with E-state index in [2.05, 4.69) is 21.5 Å². The molecule has 2 rings (SSSR count). The van der Waals surface area contributed by atoms with Gasteiger partial charge in [-0.15, -0.1) is 0 Å². The molecule has 1 amide bonds. The first-order valence-electron chi connectivity index (χ1n) is 7.82. The van der Waals surface area contributed by atoms with Crippen LogP contribution in [-0.4, -0.2) is 27.2 Å². The lowest BCUT2D eigenvalue weighted by Crippen LogP contribution is -2.24. The number of aryl methyl sites for hydroxylation is 4. The topological polar surface area (TPSA) is 59.8 Å². The molecule has 0 aliphatic rings. The first-order valence-corrected chi connectivity index (χ1v) is 7.82. The van der Waals surface area contributed by atoms with E-state index in [0.717, 1.165) is 43.7 Å². The van der Waals surface area contributed by atoms with Gasteiger partial charge in [-0.1, -0.05) is 0 Å². The van der Waals surface area contributed by atoms with Gasteiger partial charge in [0.15, 0.2) is 0 Å². The second-order valence-corrected chi connectivity index (χ2v) is 5.56.